The number of nitrogens with one attached hydrogen (secondary N) is 1. The Labute approximate surface area is 107 Å². The SMILES string of the molecule is COc1cc(NCCC(=O)N2CCCC2)ccn1. The van der Waals surface area contributed by atoms with Crippen molar-refractivity contribution in [2.75, 3.05) is 32.1 Å². The van der Waals surface area contributed by atoms with Gasteiger partial charge in [-0.2, -0.15) is 0 Å². The first-order chi connectivity index (χ1) is 8.79. The topological polar surface area (TPSA) is 54.5 Å². The normalized spacial score (nSPS) is 14.6. The largest absolute Gasteiger partial charge is 0.481 e. The second kappa shape index (κ2) is 6.23. The molecule has 1 aromatic rings. The van der Waals surface area contributed by atoms with Gasteiger partial charge in [-0.3, -0.25) is 4.79 Å². The van der Waals surface area contributed by atoms with Crippen molar-refractivity contribution in [3.05, 3.63) is 18.3 Å². The molecule has 0 saturated carbocycles. The van der Waals surface area contributed by atoms with E-state index in [9.17, 15) is 4.79 Å². The van der Waals surface area contributed by atoms with Gasteiger partial charge in [0.25, 0.3) is 0 Å². The molecule has 0 spiro atoms. The zero-order chi connectivity index (χ0) is 12.8. The van der Waals surface area contributed by atoms with Crippen molar-refractivity contribution in [3.63, 3.8) is 0 Å². The van der Waals surface area contributed by atoms with Crippen LogP contribution in [0.5, 0.6) is 5.88 Å². The molecule has 2 rings (SSSR count). The Morgan fingerprint density at radius 1 is 1.50 bits per heavy atom. The second-order valence-electron chi connectivity index (χ2n) is 4.35. The lowest BCUT2D eigenvalue weighted by Gasteiger charge is -2.15. The zero-order valence-corrected chi connectivity index (χ0v) is 10.7. The van der Waals surface area contributed by atoms with E-state index in [1.807, 2.05) is 17.0 Å². The van der Waals surface area contributed by atoms with Gasteiger partial charge in [-0.15, -0.1) is 0 Å². The molecule has 1 aromatic heterocycles. The van der Waals surface area contributed by atoms with Crippen LogP contribution in [0, 0.1) is 0 Å². The third-order valence-electron chi connectivity index (χ3n) is 3.07. The maximum atomic E-state index is 11.8. The Morgan fingerprint density at radius 3 is 3.00 bits per heavy atom. The Hall–Kier alpha value is -1.78. The molecule has 1 aliphatic rings. The summed E-state index contributed by atoms with van der Waals surface area (Å²) in [5.41, 5.74) is 0.927. The minimum absolute atomic E-state index is 0.237. The highest BCUT2D eigenvalue weighted by atomic mass is 16.5. The standard InChI is InChI=1S/C13H19N3O2/c1-18-12-10-11(4-6-15-12)14-7-5-13(17)16-8-2-3-9-16/h4,6,10H,2-3,5,7-9H2,1H3,(H,14,15). The number of ether oxygens (including phenoxy) is 1. The van der Waals surface area contributed by atoms with E-state index in [1.54, 1.807) is 13.3 Å². The minimum atomic E-state index is 0.237. The lowest BCUT2D eigenvalue weighted by atomic mass is 10.3. The van der Waals surface area contributed by atoms with E-state index >= 15 is 0 Å². The van der Waals surface area contributed by atoms with Gasteiger partial charge in [0, 0.05) is 44.0 Å². The molecule has 0 unspecified atom stereocenters. The monoisotopic (exact) mass is 249 g/mol. The molecule has 1 aliphatic heterocycles. The number of likely N-dealkylation sites (tertiary alicyclic amines) is 1. The van der Waals surface area contributed by atoms with Crippen LogP contribution in [0.4, 0.5) is 5.69 Å². The van der Waals surface area contributed by atoms with Crippen LogP contribution in [0.3, 0.4) is 0 Å². The number of aromatic nitrogens is 1. The van der Waals surface area contributed by atoms with E-state index in [2.05, 4.69) is 10.3 Å². The van der Waals surface area contributed by atoms with Gasteiger partial charge >= 0.3 is 0 Å². The molecule has 0 atom stereocenters. The lowest BCUT2D eigenvalue weighted by Crippen LogP contribution is -2.29. The molecule has 2 heterocycles. The Bertz CT molecular complexity index is 403. The van der Waals surface area contributed by atoms with Crippen molar-refractivity contribution in [3.8, 4) is 5.88 Å². The summed E-state index contributed by atoms with van der Waals surface area (Å²) >= 11 is 0. The molecular formula is C13H19N3O2. The smallest absolute Gasteiger partial charge is 0.224 e. The molecule has 1 N–H and O–H groups in total. The first-order valence-corrected chi connectivity index (χ1v) is 6.31. The molecule has 5 nitrogen and oxygen atoms in total. The number of pyridine rings is 1. The summed E-state index contributed by atoms with van der Waals surface area (Å²) in [6, 6.07) is 3.68. The number of methoxy groups -OCH3 is 1. The third kappa shape index (κ3) is 3.35. The number of rotatable bonds is 5. The quantitative estimate of drug-likeness (QED) is 0.859. The summed E-state index contributed by atoms with van der Waals surface area (Å²) in [6.07, 6.45) is 4.50. The molecule has 0 aliphatic carbocycles. The average Bonchev–Trinajstić information content (AvgIpc) is 2.93. The summed E-state index contributed by atoms with van der Waals surface area (Å²) in [7, 11) is 1.59. The second-order valence-corrected chi connectivity index (χ2v) is 4.35. The van der Waals surface area contributed by atoms with Crippen molar-refractivity contribution in [2.24, 2.45) is 0 Å². The number of anilines is 1. The molecule has 0 bridgehead atoms. The van der Waals surface area contributed by atoms with Crippen LogP contribution >= 0.6 is 0 Å². The predicted molar refractivity (Wildman–Crippen MR) is 69.7 cm³/mol. The molecule has 1 saturated heterocycles. The fraction of sp³-hybridized carbons (Fsp3) is 0.538. The number of carbonyl (C=O) groups is 1. The van der Waals surface area contributed by atoms with Crippen molar-refractivity contribution in [1.82, 2.24) is 9.88 Å². The van der Waals surface area contributed by atoms with Gasteiger partial charge in [0.05, 0.1) is 7.11 Å². The van der Waals surface area contributed by atoms with E-state index < -0.39 is 0 Å². The molecule has 1 fully saturated rings. The zero-order valence-electron chi connectivity index (χ0n) is 10.7. The molecule has 0 radical (unpaired) electrons. The maximum absolute atomic E-state index is 11.8. The fourth-order valence-electron chi connectivity index (χ4n) is 2.07. The highest BCUT2D eigenvalue weighted by Crippen LogP contribution is 2.13. The van der Waals surface area contributed by atoms with Crippen LogP contribution in [-0.4, -0.2) is 42.5 Å². The van der Waals surface area contributed by atoms with E-state index in [1.165, 1.54) is 0 Å². The van der Waals surface area contributed by atoms with Crippen molar-refractivity contribution in [2.45, 2.75) is 19.3 Å². The summed E-state index contributed by atoms with van der Waals surface area (Å²) in [4.78, 5) is 17.8. The van der Waals surface area contributed by atoms with Crippen molar-refractivity contribution in [1.29, 1.82) is 0 Å². The molecule has 98 valence electrons. The van der Waals surface area contributed by atoms with Gasteiger partial charge in [0.2, 0.25) is 11.8 Å². The van der Waals surface area contributed by atoms with Gasteiger partial charge in [0.1, 0.15) is 0 Å². The number of hydrogen-bond acceptors (Lipinski definition) is 4. The summed E-state index contributed by atoms with van der Waals surface area (Å²) in [5.74, 6) is 0.812. The van der Waals surface area contributed by atoms with Crippen LogP contribution in [0.1, 0.15) is 19.3 Å². The molecule has 0 aromatic carbocycles. The van der Waals surface area contributed by atoms with E-state index in [4.69, 9.17) is 4.74 Å². The number of amides is 1. The van der Waals surface area contributed by atoms with Crippen LogP contribution in [0.15, 0.2) is 18.3 Å². The number of carbonyl (C=O) groups excluding carboxylic acids is 1. The van der Waals surface area contributed by atoms with E-state index in [-0.39, 0.29) is 5.91 Å². The van der Waals surface area contributed by atoms with Crippen LogP contribution < -0.4 is 10.1 Å². The summed E-state index contributed by atoms with van der Waals surface area (Å²) in [6.45, 7) is 2.48. The molecular weight excluding hydrogens is 230 g/mol. The van der Waals surface area contributed by atoms with Crippen molar-refractivity contribution >= 4 is 11.6 Å². The van der Waals surface area contributed by atoms with Gasteiger partial charge in [-0.05, 0) is 18.9 Å². The summed E-state index contributed by atoms with van der Waals surface area (Å²) in [5, 5.41) is 3.21. The van der Waals surface area contributed by atoms with Crippen LogP contribution in [-0.2, 0) is 4.79 Å². The Balaban J connectivity index is 1.75. The first-order valence-electron chi connectivity index (χ1n) is 6.31. The van der Waals surface area contributed by atoms with Gasteiger partial charge in [-0.25, -0.2) is 4.98 Å². The summed E-state index contributed by atoms with van der Waals surface area (Å²) < 4.78 is 5.04. The van der Waals surface area contributed by atoms with Gasteiger partial charge in [-0.1, -0.05) is 0 Å². The minimum Gasteiger partial charge on any atom is -0.481 e. The third-order valence-corrected chi connectivity index (χ3v) is 3.07. The van der Waals surface area contributed by atoms with Crippen LogP contribution in [0.2, 0.25) is 0 Å². The first kappa shape index (κ1) is 12.7. The van der Waals surface area contributed by atoms with Gasteiger partial charge < -0.3 is 15.0 Å². The average molecular weight is 249 g/mol. The van der Waals surface area contributed by atoms with E-state index in [0.29, 0.717) is 18.8 Å². The van der Waals surface area contributed by atoms with Gasteiger partial charge in [0.15, 0.2) is 0 Å². The van der Waals surface area contributed by atoms with Crippen molar-refractivity contribution < 1.29 is 9.53 Å². The Kier molecular flexibility index (Phi) is 4.39. The van der Waals surface area contributed by atoms with E-state index in [0.717, 1.165) is 31.6 Å². The number of hydrogen-bond donors (Lipinski definition) is 1. The highest BCUT2D eigenvalue weighted by Gasteiger charge is 2.16. The highest BCUT2D eigenvalue weighted by molar-refractivity contribution is 5.77. The predicted octanol–water partition coefficient (Wildman–Crippen LogP) is 1.51. The Morgan fingerprint density at radius 2 is 2.28 bits per heavy atom. The molecule has 5 heteroatoms. The van der Waals surface area contributed by atoms with Crippen LogP contribution in [0.25, 0.3) is 0 Å². The maximum Gasteiger partial charge on any atom is 0.224 e. The fourth-order valence-corrected chi connectivity index (χ4v) is 2.07. The number of nitrogens with zero attached hydrogens (tertiary/aromatic N) is 2. The molecule has 18 heavy (non-hydrogen) atoms. The molecule has 1 amide bonds. The lowest BCUT2D eigenvalue weighted by molar-refractivity contribution is -0.129.